The van der Waals surface area contributed by atoms with Crippen molar-refractivity contribution in [1.29, 1.82) is 0 Å². The van der Waals surface area contributed by atoms with Crippen LogP contribution < -0.4 is 5.73 Å². The Bertz CT molecular complexity index is 1220. The lowest BCUT2D eigenvalue weighted by atomic mass is 10.1. The molecule has 196 valence electrons. The molecule has 0 saturated carbocycles. The van der Waals surface area contributed by atoms with E-state index < -0.39 is 0 Å². The van der Waals surface area contributed by atoms with Gasteiger partial charge < -0.3 is 5.73 Å². The molecule has 0 amide bonds. The average molecular weight is 516 g/mol. The first-order valence-corrected chi connectivity index (χ1v) is 13.1. The molecule has 0 unspecified atom stereocenters. The zero-order valence-corrected chi connectivity index (χ0v) is 22.0. The van der Waals surface area contributed by atoms with E-state index in [4.69, 9.17) is 5.73 Å². The Labute approximate surface area is 230 Å². The molecule has 0 atom stereocenters. The highest BCUT2D eigenvalue weighted by Gasteiger charge is 2.14. The van der Waals surface area contributed by atoms with Crippen LogP contribution in [0.4, 0.5) is 5.69 Å². The summed E-state index contributed by atoms with van der Waals surface area (Å²) in [5, 5.41) is 0. The van der Waals surface area contributed by atoms with Crippen LogP contribution in [0.5, 0.6) is 0 Å². The summed E-state index contributed by atoms with van der Waals surface area (Å²) in [6.45, 7) is 4.32. The van der Waals surface area contributed by atoms with Gasteiger partial charge in [-0.2, -0.15) is 0 Å². The smallest absolute Gasteiger partial charge is 0.0544 e. The molecule has 1 aromatic carbocycles. The van der Waals surface area contributed by atoms with Crippen LogP contribution in [0.3, 0.4) is 0 Å². The van der Waals surface area contributed by atoms with Crippen LogP contribution in [0.25, 0.3) is 0 Å². The van der Waals surface area contributed by atoms with Crippen molar-refractivity contribution in [3.8, 4) is 0 Å². The molecule has 0 saturated heterocycles. The van der Waals surface area contributed by atoms with E-state index in [1.165, 1.54) is 0 Å². The number of hydrogen-bond acceptors (Lipinski definition) is 7. The molecular formula is C32H33N7. The Balaban J connectivity index is 1.36. The maximum Gasteiger partial charge on any atom is 0.0544 e. The molecule has 0 aliphatic rings. The molecule has 4 heterocycles. The molecule has 0 aliphatic heterocycles. The monoisotopic (exact) mass is 515 g/mol. The minimum atomic E-state index is 0.715. The van der Waals surface area contributed by atoms with Crippen molar-refractivity contribution in [2.24, 2.45) is 0 Å². The second-order valence-corrected chi connectivity index (χ2v) is 9.66. The molecule has 5 rings (SSSR count). The molecule has 7 heteroatoms. The van der Waals surface area contributed by atoms with Crippen LogP contribution in [0, 0.1) is 0 Å². The summed E-state index contributed by atoms with van der Waals surface area (Å²) >= 11 is 0. The van der Waals surface area contributed by atoms with Crippen LogP contribution in [-0.2, 0) is 39.3 Å². The highest BCUT2D eigenvalue weighted by Crippen LogP contribution is 2.20. The van der Waals surface area contributed by atoms with Crippen LogP contribution in [-0.4, -0.2) is 29.7 Å². The van der Waals surface area contributed by atoms with E-state index in [0.29, 0.717) is 26.2 Å². The van der Waals surface area contributed by atoms with E-state index in [-0.39, 0.29) is 0 Å². The van der Waals surface area contributed by atoms with Gasteiger partial charge in [0.15, 0.2) is 0 Å². The fraction of sp³-hybridized carbons (Fsp3) is 0.188. The quantitative estimate of drug-likeness (QED) is 0.227. The van der Waals surface area contributed by atoms with Gasteiger partial charge in [0.05, 0.1) is 22.8 Å². The number of rotatable bonds is 12. The number of pyridine rings is 4. The lowest BCUT2D eigenvalue weighted by Crippen LogP contribution is -2.25. The molecule has 39 heavy (non-hydrogen) atoms. The summed E-state index contributed by atoms with van der Waals surface area (Å²) in [5.74, 6) is 0. The lowest BCUT2D eigenvalue weighted by molar-refractivity contribution is 0.238. The molecule has 5 aromatic rings. The first kappa shape index (κ1) is 26.2. The van der Waals surface area contributed by atoms with Gasteiger partial charge >= 0.3 is 0 Å². The molecule has 7 nitrogen and oxygen atoms in total. The van der Waals surface area contributed by atoms with Crippen molar-refractivity contribution < 1.29 is 0 Å². The van der Waals surface area contributed by atoms with Crippen molar-refractivity contribution >= 4 is 5.69 Å². The normalized spacial score (nSPS) is 11.2. The molecule has 0 fully saturated rings. The molecular weight excluding hydrogens is 482 g/mol. The summed E-state index contributed by atoms with van der Waals surface area (Å²) in [6, 6.07) is 30.5. The zero-order valence-electron chi connectivity index (χ0n) is 22.0. The van der Waals surface area contributed by atoms with Gasteiger partial charge in [-0.05, 0) is 71.8 Å². The van der Waals surface area contributed by atoms with Crippen LogP contribution in [0.2, 0.25) is 0 Å². The molecule has 0 aliphatic carbocycles. The largest absolute Gasteiger partial charge is 0.399 e. The minimum Gasteiger partial charge on any atom is -0.399 e. The number of anilines is 1. The van der Waals surface area contributed by atoms with E-state index in [2.05, 4.69) is 72.2 Å². The second-order valence-electron chi connectivity index (χ2n) is 9.66. The van der Waals surface area contributed by atoms with E-state index in [9.17, 15) is 0 Å². The summed E-state index contributed by atoms with van der Waals surface area (Å²) in [6.07, 6.45) is 7.35. The lowest BCUT2D eigenvalue weighted by Gasteiger charge is -2.24. The molecule has 0 radical (unpaired) electrons. The van der Waals surface area contributed by atoms with Gasteiger partial charge in [0, 0.05) is 69.7 Å². The molecule has 0 spiro atoms. The third-order valence-electron chi connectivity index (χ3n) is 6.33. The number of nitrogens with two attached hydrogens (primary N) is 1. The number of aromatic nitrogens is 4. The topological polar surface area (TPSA) is 84.1 Å². The highest BCUT2D eigenvalue weighted by molar-refractivity contribution is 5.45. The Morgan fingerprint density at radius 3 is 1.05 bits per heavy atom. The van der Waals surface area contributed by atoms with Crippen molar-refractivity contribution in [2.75, 3.05) is 5.73 Å². The van der Waals surface area contributed by atoms with Gasteiger partial charge in [-0.25, -0.2) is 0 Å². The van der Waals surface area contributed by atoms with Crippen molar-refractivity contribution in [3.63, 3.8) is 0 Å². The van der Waals surface area contributed by atoms with Gasteiger partial charge in [-0.1, -0.05) is 30.3 Å². The number of nitrogens with zero attached hydrogens (tertiary/aromatic N) is 6. The van der Waals surface area contributed by atoms with E-state index in [1.807, 2.05) is 73.3 Å². The van der Waals surface area contributed by atoms with Crippen LogP contribution >= 0.6 is 0 Å². The van der Waals surface area contributed by atoms with Gasteiger partial charge in [0.25, 0.3) is 0 Å². The van der Waals surface area contributed by atoms with Gasteiger partial charge in [0.2, 0.25) is 0 Å². The Kier molecular flexibility index (Phi) is 8.97. The van der Waals surface area contributed by atoms with Crippen molar-refractivity contribution in [2.45, 2.75) is 39.3 Å². The SMILES string of the molecule is Nc1cc(CN(Cc2ccccn2)Cc2ccccn2)cc(CN(Cc2ccccn2)Cc2ccccn2)c1. The third-order valence-corrected chi connectivity index (χ3v) is 6.33. The van der Waals surface area contributed by atoms with E-state index >= 15 is 0 Å². The van der Waals surface area contributed by atoms with E-state index in [0.717, 1.165) is 52.7 Å². The Morgan fingerprint density at radius 1 is 0.436 bits per heavy atom. The summed E-state index contributed by atoms with van der Waals surface area (Å²) in [7, 11) is 0. The van der Waals surface area contributed by atoms with Crippen molar-refractivity contribution in [1.82, 2.24) is 29.7 Å². The first-order valence-electron chi connectivity index (χ1n) is 13.1. The fourth-order valence-electron chi connectivity index (χ4n) is 4.71. The Hall–Kier alpha value is -4.46. The molecule has 0 bridgehead atoms. The fourth-order valence-corrected chi connectivity index (χ4v) is 4.71. The van der Waals surface area contributed by atoms with Gasteiger partial charge in [-0.15, -0.1) is 0 Å². The first-order chi connectivity index (χ1) is 19.2. The minimum absolute atomic E-state index is 0.715. The number of hydrogen-bond donors (Lipinski definition) is 1. The third kappa shape index (κ3) is 8.26. The zero-order chi connectivity index (χ0) is 26.7. The van der Waals surface area contributed by atoms with E-state index in [1.54, 1.807) is 0 Å². The van der Waals surface area contributed by atoms with Crippen LogP contribution in [0.1, 0.15) is 33.9 Å². The predicted octanol–water partition coefficient (Wildman–Crippen LogP) is 5.25. The van der Waals surface area contributed by atoms with Gasteiger partial charge in [-0.3, -0.25) is 29.7 Å². The number of benzene rings is 1. The summed E-state index contributed by atoms with van der Waals surface area (Å²) < 4.78 is 0. The summed E-state index contributed by atoms with van der Waals surface area (Å²) in [5.41, 5.74) is 13.6. The van der Waals surface area contributed by atoms with Crippen LogP contribution in [0.15, 0.2) is 116 Å². The highest BCUT2D eigenvalue weighted by atomic mass is 15.1. The average Bonchev–Trinajstić information content (AvgIpc) is 2.95. The maximum atomic E-state index is 6.43. The Morgan fingerprint density at radius 2 is 0.769 bits per heavy atom. The number of nitrogen functional groups attached to an aromatic ring is 1. The maximum absolute atomic E-state index is 6.43. The standard InChI is InChI=1S/C32H33N7/c33-28-18-26(20-38(22-29-9-1-5-13-34-29)23-30-10-2-6-14-35-30)17-27(19-28)21-39(24-31-11-3-7-15-36-31)25-32-12-4-8-16-37-32/h1-19H,20-25,33H2. The second kappa shape index (κ2) is 13.4. The summed E-state index contributed by atoms with van der Waals surface area (Å²) in [4.78, 5) is 22.9. The van der Waals surface area contributed by atoms with Gasteiger partial charge in [0.1, 0.15) is 0 Å². The molecule has 4 aromatic heterocycles. The molecule has 2 N–H and O–H groups in total. The van der Waals surface area contributed by atoms with Crippen molar-refractivity contribution in [3.05, 3.63) is 150 Å². The predicted molar refractivity (Wildman–Crippen MR) is 154 cm³/mol.